The lowest BCUT2D eigenvalue weighted by Crippen LogP contribution is -2.49. The molecule has 0 radical (unpaired) electrons. The Bertz CT molecular complexity index is 1260. The van der Waals surface area contributed by atoms with Gasteiger partial charge in [0.15, 0.2) is 17.2 Å². The average Bonchev–Trinajstić information content (AvgIpc) is 3.45. The minimum Gasteiger partial charge on any atom is -0.448 e. The van der Waals surface area contributed by atoms with Gasteiger partial charge in [0.2, 0.25) is 11.7 Å². The molecule has 5 rings (SSSR count). The minimum absolute atomic E-state index is 0.0701. The summed E-state index contributed by atoms with van der Waals surface area (Å²) in [7, 11) is 0. The van der Waals surface area contributed by atoms with Crippen molar-refractivity contribution in [1.29, 1.82) is 0 Å². The van der Waals surface area contributed by atoms with E-state index in [1.807, 2.05) is 37.3 Å². The van der Waals surface area contributed by atoms with Crippen molar-refractivity contribution in [3.05, 3.63) is 71.6 Å². The van der Waals surface area contributed by atoms with Crippen LogP contribution in [0.15, 0.2) is 57.5 Å². The number of furan rings is 1. The van der Waals surface area contributed by atoms with Gasteiger partial charge in [-0.3, -0.25) is 9.69 Å². The number of fused-ring (bicyclic) bond motifs is 1. The van der Waals surface area contributed by atoms with Crippen LogP contribution in [0, 0.1) is 12.7 Å². The van der Waals surface area contributed by atoms with Crippen molar-refractivity contribution in [2.75, 3.05) is 26.2 Å². The maximum Gasteiger partial charge on any atom is 0.289 e. The number of amides is 1. The molecule has 4 aromatic rings. The molecule has 32 heavy (non-hydrogen) atoms. The Kier molecular flexibility index (Phi) is 5.22. The summed E-state index contributed by atoms with van der Waals surface area (Å²) in [6, 6.07) is 14.3. The summed E-state index contributed by atoms with van der Waals surface area (Å²) < 4.78 is 25.2. The number of hydrogen-bond acceptors (Lipinski definition) is 6. The number of piperazine rings is 1. The molecular formula is C24H23FN4O3. The van der Waals surface area contributed by atoms with Crippen molar-refractivity contribution in [1.82, 2.24) is 19.9 Å². The van der Waals surface area contributed by atoms with Crippen molar-refractivity contribution >= 4 is 16.9 Å². The van der Waals surface area contributed by atoms with Crippen molar-refractivity contribution < 1.29 is 18.1 Å². The maximum absolute atomic E-state index is 14.1. The molecule has 1 aliphatic rings. The Morgan fingerprint density at radius 1 is 1.06 bits per heavy atom. The number of nitrogens with zero attached hydrogens (tertiary/aromatic N) is 4. The van der Waals surface area contributed by atoms with E-state index in [1.54, 1.807) is 24.0 Å². The lowest BCUT2D eigenvalue weighted by molar-refractivity contribution is 0.0525. The summed E-state index contributed by atoms with van der Waals surface area (Å²) in [6.07, 6.45) is 0. The molecular weight excluding hydrogens is 411 g/mol. The summed E-state index contributed by atoms with van der Waals surface area (Å²) in [5.41, 5.74) is 1.70. The van der Waals surface area contributed by atoms with Crippen LogP contribution in [0.3, 0.4) is 0 Å². The van der Waals surface area contributed by atoms with Gasteiger partial charge in [0.1, 0.15) is 0 Å². The average molecular weight is 434 g/mol. The van der Waals surface area contributed by atoms with Crippen LogP contribution < -0.4 is 0 Å². The first-order valence-electron chi connectivity index (χ1n) is 10.6. The summed E-state index contributed by atoms with van der Waals surface area (Å²) in [6.45, 7) is 6.18. The third-order valence-corrected chi connectivity index (χ3v) is 6.09. The standard InChI is InChI=1S/C24H23FN4O3/c1-15-18-9-6-10-19(25)21(18)31-20(15)24(30)29-13-11-28(12-14-29)16(2)23-26-22(27-32-23)17-7-4-3-5-8-17/h3-10,16H,11-14H2,1-2H3. The van der Waals surface area contributed by atoms with Crippen LogP contribution in [-0.2, 0) is 0 Å². The number of halogens is 1. The molecule has 1 fully saturated rings. The number of para-hydroxylation sites is 1. The lowest BCUT2D eigenvalue weighted by atomic mass is 10.1. The zero-order valence-corrected chi connectivity index (χ0v) is 17.9. The van der Waals surface area contributed by atoms with Crippen LogP contribution in [0.1, 0.15) is 35.0 Å². The van der Waals surface area contributed by atoms with Gasteiger partial charge in [-0.05, 0) is 19.9 Å². The van der Waals surface area contributed by atoms with Gasteiger partial charge in [-0.2, -0.15) is 4.98 Å². The summed E-state index contributed by atoms with van der Waals surface area (Å²) in [5.74, 6) is 0.643. The summed E-state index contributed by atoms with van der Waals surface area (Å²) in [5, 5.41) is 4.73. The molecule has 2 aromatic heterocycles. The van der Waals surface area contributed by atoms with Gasteiger partial charge in [0, 0.05) is 42.7 Å². The molecule has 3 heterocycles. The molecule has 8 heteroatoms. The topological polar surface area (TPSA) is 75.6 Å². The normalized spacial score (nSPS) is 15.9. The third-order valence-electron chi connectivity index (χ3n) is 6.09. The fourth-order valence-corrected chi connectivity index (χ4v) is 4.13. The molecule has 2 aromatic carbocycles. The molecule has 1 amide bonds. The molecule has 164 valence electrons. The van der Waals surface area contributed by atoms with Crippen molar-refractivity contribution in [2.24, 2.45) is 0 Å². The molecule has 7 nitrogen and oxygen atoms in total. The van der Waals surface area contributed by atoms with Crippen molar-refractivity contribution in [2.45, 2.75) is 19.9 Å². The highest BCUT2D eigenvalue weighted by Crippen LogP contribution is 2.29. The fourth-order valence-electron chi connectivity index (χ4n) is 4.13. The molecule has 0 spiro atoms. The molecule has 1 saturated heterocycles. The first-order chi connectivity index (χ1) is 15.5. The number of carbonyl (C=O) groups excluding carboxylic acids is 1. The van der Waals surface area contributed by atoms with Gasteiger partial charge in [-0.15, -0.1) is 0 Å². The van der Waals surface area contributed by atoms with E-state index < -0.39 is 5.82 Å². The van der Waals surface area contributed by atoms with Gasteiger partial charge >= 0.3 is 0 Å². The second kappa shape index (κ2) is 8.20. The van der Waals surface area contributed by atoms with Crippen molar-refractivity contribution in [3.63, 3.8) is 0 Å². The van der Waals surface area contributed by atoms with Crippen LogP contribution in [0.4, 0.5) is 4.39 Å². The zero-order valence-electron chi connectivity index (χ0n) is 17.9. The Labute approximate surface area is 184 Å². The maximum atomic E-state index is 14.1. The van der Waals surface area contributed by atoms with E-state index in [1.165, 1.54) is 6.07 Å². The number of benzene rings is 2. The molecule has 1 atom stereocenters. The Hall–Kier alpha value is -3.52. The number of aryl methyl sites for hydroxylation is 1. The van der Waals surface area contributed by atoms with Crippen LogP contribution in [0.25, 0.3) is 22.4 Å². The van der Waals surface area contributed by atoms with Gasteiger partial charge < -0.3 is 13.8 Å². The number of aromatic nitrogens is 2. The van der Waals surface area contributed by atoms with E-state index in [4.69, 9.17) is 8.94 Å². The van der Waals surface area contributed by atoms with Gasteiger partial charge in [0.05, 0.1) is 6.04 Å². The Morgan fingerprint density at radius 2 is 1.81 bits per heavy atom. The highest BCUT2D eigenvalue weighted by atomic mass is 19.1. The Morgan fingerprint density at radius 3 is 2.53 bits per heavy atom. The molecule has 1 aliphatic heterocycles. The second-order valence-corrected chi connectivity index (χ2v) is 8.00. The predicted molar refractivity (Wildman–Crippen MR) is 117 cm³/mol. The van der Waals surface area contributed by atoms with E-state index >= 15 is 0 Å². The Balaban J connectivity index is 1.26. The number of hydrogen-bond donors (Lipinski definition) is 0. The van der Waals surface area contributed by atoms with Gasteiger partial charge in [0.25, 0.3) is 5.91 Å². The molecule has 0 aliphatic carbocycles. The van der Waals surface area contributed by atoms with E-state index in [0.717, 1.165) is 5.56 Å². The predicted octanol–water partition coefficient (Wildman–Crippen LogP) is 4.45. The first kappa shape index (κ1) is 20.4. The van der Waals surface area contributed by atoms with Gasteiger partial charge in [-0.25, -0.2) is 4.39 Å². The first-order valence-corrected chi connectivity index (χ1v) is 10.6. The molecule has 1 unspecified atom stereocenters. The van der Waals surface area contributed by atoms with Crippen molar-refractivity contribution in [3.8, 4) is 11.4 Å². The summed E-state index contributed by atoms with van der Waals surface area (Å²) in [4.78, 5) is 21.6. The number of carbonyl (C=O) groups is 1. The van der Waals surface area contributed by atoms with Crippen LogP contribution in [0.5, 0.6) is 0 Å². The van der Waals surface area contributed by atoms with Crippen LogP contribution >= 0.6 is 0 Å². The third kappa shape index (κ3) is 3.56. The largest absolute Gasteiger partial charge is 0.448 e. The van der Waals surface area contributed by atoms with Gasteiger partial charge in [-0.1, -0.05) is 47.6 Å². The van der Waals surface area contributed by atoms with E-state index in [2.05, 4.69) is 15.0 Å². The molecule has 0 saturated carbocycles. The smallest absolute Gasteiger partial charge is 0.289 e. The van der Waals surface area contributed by atoms with Crippen LogP contribution in [-0.4, -0.2) is 52.0 Å². The SMILES string of the molecule is Cc1c(C(=O)N2CCN(C(C)c3nc(-c4ccccc4)no3)CC2)oc2c(F)cccc12. The highest BCUT2D eigenvalue weighted by molar-refractivity contribution is 5.99. The van der Waals surface area contributed by atoms with E-state index in [0.29, 0.717) is 48.8 Å². The lowest BCUT2D eigenvalue weighted by Gasteiger charge is -2.36. The van der Waals surface area contributed by atoms with E-state index in [-0.39, 0.29) is 23.3 Å². The van der Waals surface area contributed by atoms with Crippen LogP contribution in [0.2, 0.25) is 0 Å². The molecule has 0 N–H and O–H groups in total. The second-order valence-electron chi connectivity index (χ2n) is 8.00. The minimum atomic E-state index is -0.460. The van der Waals surface area contributed by atoms with E-state index in [9.17, 15) is 9.18 Å². The summed E-state index contributed by atoms with van der Waals surface area (Å²) >= 11 is 0. The zero-order chi connectivity index (χ0) is 22.2. The fraction of sp³-hybridized carbons (Fsp3) is 0.292. The number of rotatable bonds is 4. The molecule has 0 bridgehead atoms. The highest BCUT2D eigenvalue weighted by Gasteiger charge is 2.30. The monoisotopic (exact) mass is 434 g/mol. The quantitative estimate of drug-likeness (QED) is 0.472.